The highest BCUT2D eigenvalue weighted by molar-refractivity contribution is 6.40. The van der Waals surface area contributed by atoms with Crippen LogP contribution in [0.25, 0.3) is 0 Å². The Kier molecular flexibility index (Phi) is 5.79. The lowest BCUT2D eigenvalue weighted by atomic mass is 10.3. The number of nitrogens with one attached hydrogen (secondary N) is 1. The molecule has 2 rings (SSSR count). The minimum absolute atomic E-state index is 0. The van der Waals surface area contributed by atoms with E-state index in [1.807, 2.05) is 23.1 Å². The highest BCUT2D eigenvalue weighted by Crippen LogP contribution is 2.33. The minimum Gasteiger partial charge on any atom is -0.354 e. The van der Waals surface area contributed by atoms with Crippen molar-refractivity contribution in [3.8, 4) is 0 Å². The molecule has 18 heavy (non-hydrogen) atoms. The monoisotopic (exact) mass is 305 g/mol. The van der Waals surface area contributed by atoms with Gasteiger partial charge in [0.1, 0.15) is 0 Å². The molecule has 1 aliphatic rings. The number of guanidine groups is 1. The lowest BCUT2D eigenvalue weighted by Gasteiger charge is -2.25. The standard InChI is InChI=1S/C12H13Cl2N3.ClH/c1-2-8-17(12-15-6-7-16-12)11-9(13)4-3-5-10(11)14;/h2-5H,1,6-8H2,(H,15,16);1H. The Bertz CT molecular complexity index is 440. The lowest BCUT2D eigenvalue weighted by Crippen LogP contribution is -2.39. The molecule has 1 aromatic rings. The van der Waals surface area contributed by atoms with Crippen LogP contribution < -0.4 is 10.2 Å². The summed E-state index contributed by atoms with van der Waals surface area (Å²) in [6, 6.07) is 5.45. The van der Waals surface area contributed by atoms with E-state index in [2.05, 4.69) is 16.9 Å². The van der Waals surface area contributed by atoms with E-state index in [0.717, 1.165) is 24.7 Å². The third kappa shape index (κ3) is 3.10. The van der Waals surface area contributed by atoms with Crippen molar-refractivity contribution in [1.82, 2.24) is 5.32 Å². The Morgan fingerprint density at radius 1 is 1.39 bits per heavy atom. The highest BCUT2D eigenvalue weighted by atomic mass is 35.5. The highest BCUT2D eigenvalue weighted by Gasteiger charge is 2.20. The van der Waals surface area contributed by atoms with Gasteiger partial charge in [0.2, 0.25) is 0 Å². The topological polar surface area (TPSA) is 27.6 Å². The van der Waals surface area contributed by atoms with E-state index in [1.165, 1.54) is 0 Å². The fraction of sp³-hybridized carbons (Fsp3) is 0.250. The molecule has 0 unspecified atom stereocenters. The van der Waals surface area contributed by atoms with E-state index in [-0.39, 0.29) is 12.4 Å². The van der Waals surface area contributed by atoms with Crippen molar-refractivity contribution < 1.29 is 0 Å². The number of para-hydroxylation sites is 1. The molecule has 98 valence electrons. The van der Waals surface area contributed by atoms with Crippen LogP contribution in [0.2, 0.25) is 10.0 Å². The van der Waals surface area contributed by atoms with Gasteiger partial charge in [0.15, 0.2) is 5.96 Å². The molecule has 1 heterocycles. The summed E-state index contributed by atoms with van der Waals surface area (Å²) in [6.45, 7) is 5.96. The van der Waals surface area contributed by atoms with Crippen molar-refractivity contribution in [2.24, 2.45) is 4.99 Å². The summed E-state index contributed by atoms with van der Waals surface area (Å²) < 4.78 is 0. The lowest BCUT2D eigenvalue weighted by molar-refractivity contribution is 0.945. The minimum atomic E-state index is 0. The summed E-state index contributed by atoms with van der Waals surface area (Å²) in [5.41, 5.74) is 0.767. The third-order valence-corrected chi connectivity index (χ3v) is 3.04. The molecular weight excluding hydrogens is 293 g/mol. The van der Waals surface area contributed by atoms with Crippen molar-refractivity contribution in [2.45, 2.75) is 0 Å². The predicted octanol–water partition coefficient (Wildman–Crippen LogP) is 3.37. The van der Waals surface area contributed by atoms with Crippen molar-refractivity contribution in [2.75, 3.05) is 24.5 Å². The van der Waals surface area contributed by atoms with Gasteiger partial charge in [-0.1, -0.05) is 35.3 Å². The molecule has 0 amide bonds. The van der Waals surface area contributed by atoms with E-state index < -0.39 is 0 Å². The van der Waals surface area contributed by atoms with E-state index in [1.54, 1.807) is 6.08 Å². The van der Waals surface area contributed by atoms with E-state index >= 15 is 0 Å². The van der Waals surface area contributed by atoms with Gasteiger partial charge < -0.3 is 10.2 Å². The van der Waals surface area contributed by atoms with Gasteiger partial charge in [-0.25, -0.2) is 0 Å². The maximum atomic E-state index is 6.20. The molecule has 6 heteroatoms. The molecule has 0 radical (unpaired) electrons. The Morgan fingerprint density at radius 2 is 2.06 bits per heavy atom. The van der Waals surface area contributed by atoms with E-state index in [9.17, 15) is 0 Å². The molecule has 0 fully saturated rings. The second-order valence-electron chi connectivity index (χ2n) is 3.60. The largest absolute Gasteiger partial charge is 0.354 e. The average molecular weight is 307 g/mol. The summed E-state index contributed by atoms with van der Waals surface area (Å²) >= 11 is 12.4. The van der Waals surface area contributed by atoms with Gasteiger partial charge in [-0.05, 0) is 12.1 Å². The van der Waals surface area contributed by atoms with Gasteiger partial charge in [0, 0.05) is 13.1 Å². The smallest absolute Gasteiger partial charge is 0.199 e. The zero-order valence-corrected chi connectivity index (χ0v) is 12.0. The fourth-order valence-corrected chi connectivity index (χ4v) is 2.33. The molecular formula is C12H14Cl3N3. The number of anilines is 1. The first-order valence-corrected chi connectivity index (χ1v) is 6.10. The molecule has 0 saturated carbocycles. The second kappa shape index (κ2) is 6.88. The van der Waals surface area contributed by atoms with Gasteiger partial charge >= 0.3 is 0 Å². The van der Waals surface area contributed by atoms with Crippen molar-refractivity contribution in [1.29, 1.82) is 0 Å². The number of hydrogen-bond acceptors (Lipinski definition) is 3. The van der Waals surface area contributed by atoms with Gasteiger partial charge in [0.25, 0.3) is 0 Å². The average Bonchev–Trinajstić information content (AvgIpc) is 2.80. The number of nitrogens with zero attached hydrogens (tertiary/aromatic N) is 2. The van der Waals surface area contributed by atoms with Crippen molar-refractivity contribution in [3.05, 3.63) is 40.9 Å². The Morgan fingerprint density at radius 3 is 2.56 bits per heavy atom. The van der Waals surface area contributed by atoms with Crippen molar-refractivity contribution in [3.63, 3.8) is 0 Å². The molecule has 3 nitrogen and oxygen atoms in total. The zero-order chi connectivity index (χ0) is 12.3. The van der Waals surface area contributed by atoms with Crippen LogP contribution in [-0.4, -0.2) is 25.6 Å². The number of aliphatic imine (C=N–C) groups is 1. The van der Waals surface area contributed by atoms with Crippen LogP contribution in [-0.2, 0) is 0 Å². The fourth-order valence-electron chi connectivity index (χ4n) is 1.73. The zero-order valence-electron chi connectivity index (χ0n) is 9.70. The van der Waals surface area contributed by atoms with Crippen LogP contribution in [0.5, 0.6) is 0 Å². The van der Waals surface area contributed by atoms with Crippen LogP contribution in [0.15, 0.2) is 35.8 Å². The van der Waals surface area contributed by atoms with Crippen LogP contribution in [0, 0.1) is 0 Å². The molecule has 0 saturated heterocycles. The van der Waals surface area contributed by atoms with Crippen LogP contribution >= 0.6 is 35.6 Å². The molecule has 0 bridgehead atoms. The number of rotatable bonds is 3. The molecule has 0 spiro atoms. The normalized spacial score (nSPS) is 13.3. The molecule has 0 aromatic heterocycles. The number of hydrogen-bond donors (Lipinski definition) is 1. The number of benzene rings is 1. The molecule has 0 aliphatic carbocycles. The van der Waals surface area contributed by atoms with Gasteiger partial charge in [-0.15, -0.1) is 19.0 Å². The maximum Gasteiger partial charge on any atom is 0.199 e. The summed E-state index contributed by atoms with van der Waals surface area (Å²) in [5, 5.41) is 4.42. The summed E-state index contributed by atoms with van der Waals surface area (Å²) in [5.74, 6) is 0.792. The Balaban J connectivity index is 0.00000162. The summed E-state index contributed by atoms with van der Waals surface area (Å²) in [6.07, 6.45) is 1.79. The SMILES string of the molecule is C=CCN(C1=NCCN1)c1c(Cl)cccc1Cl.Cl. The second-order valence-corrected chi connectivity index (χ2v) is 4.42. The Hall–Kier alpha value is -0.900. The summed E-state index contributed by atoms with van der Waals surface area (Å²) in [7, 11) is 0. The first-order chi connectivity index (χ1) is 8.24. The van der Waals surface area contributed by atoms with Gasteiger partial charge in [-0.2, -0.15) is 0 Å². The van der Waals surface area contributed by atoms with E-state index in [0.29, 0.717) is 16.6 Å². The van der Waals surface area contributed by atoms with Crippen LogP contribution in [0.3, 0.4) is 0 Å². The van der Waals surface area contributed by atoms with Crippen LogP contribution in [0.4, 0.5) is 5.69 Å². The molecule has 1 aromatic carbocycles. The maximum absolute atomic E-state index is 6.20. The van der Waals surface area contributed by atoms with Crippen LogP contribution in [0.1, 0.15) is 0 Å². The van der Waals surface area contributed by atoms with Gasteiger partial charge in [-0.3, -0.25) is 4.99 Å². The molecule has 1 N–H and O–H groups in total. The first kappa shape index (κ1) is 15.2. The molecule has 1 aliphatic heterocycles. The third-order valence-electron chi connectivity index (χ3n) is 2.43. The van der Waals surface area contributed by atoms with E-state index in [4.69, 9.17) is 23.2 Å². The number of halogens is 3. The van der Waals surface area contributed by atoms with Crippen molar-refractivity contribution >= 4 is 47.3 Å². The quantitative estimate of drug-likeness (QED) is 0.867. The Labute approximate surface area is 123 Å². The van der Waals surface area contributed by atoms with Gasteiger partial charge in [0.05, 0.1) is 22.3 Å². The summed E-state index contributed by atoms with van der Waals surface area (Å²) in [4.78, 5) is 6.31. The predicted molar refractivity (Wildman–Crippen MR) is 81.6 cm³/mol. The molecule has 0 atom stereocenters. The first-order valence-electron chi connectivity index (χ1n) is 5.35.